The van der Waals surface area contributed by atoms with Crippen molar-refractivity contribution in [2.75, 3.05) is 0 Å². The number of rotatable bonds is 5. The van der Waals surface area contributed by atoms with Crippen LogP contribution in [0.15, 0.2) is 42.0 Å². The molecule has 2 rings (SSSR count). The van der Waals surface area contributed by atoms with Gasteiger partial charge in [-0.2, -0.15) is 5.26 Å². The van der Waals surface area contributed by atoms with Crippen molar-refractivity contribution >= 4 is 12.0 Å². The van der Waals surface area contributed by atoms with Crippen LogP contribution in [0.2, 0.25) is 0 Å². The number of carbonyl (C=O) groups is 1. The van der Waals surface area contributed by atoms with Crippen LogP contribution in [-0.2, 0) is 4.79 Å². The topological polar surface area (TPSA) is 57.8 Å². The molecule has 24 heavy (non-hydrogen) atoms. The van der Waals surface area contributed by atoms with Gasteiger partial charge in [-0.1, -0.05) is 25.1 Å². The van der Waals surface area contributed by atoms with Crippen molar-refractivity contribution in [3.8, 4) is 11.8 Å². The molecule has 0 aliphatic heterocycles. The Kier molecular flexibility index (Phi) is 5.59. The molecule has 124 valence electrons. The van der Waals surface area contributed by atoms with Gasteiger partial charge in [-0.15, -0.1) is 0 Å². The van der Waals surface area contributed by atoms with Gasteiger partial charge < -0.3 is 9.88 Å². The lowest BCUT2D eigenvalue weighted by atomic mass is 10.1. The second-order valence-electron chi connectivity index (χ2n) is 5.95. The number of amides is 1. The van der Waals surface area contributed by atoms with Crippen LogP contribution in [0.1, 0.15) is 37.2 Å². The van der Waals surface area contributed by atoms with Crippen molar-refractivity contribution in [3.63, 3.8) is 0 Å². The van der Waals surface area contributed by atoms with Crippen molar-refractivity contribution in [2.24, 2.45) is 0 Å². The zero-order chi connectivity index (χ0) is 17.7. The van der Waals surface area contributed by atoms with Gasteiger partial charge in [0.1, 0.15) is 11.6 Å². The zero-order valence-corrected chi connectivity index (χ0v) is 14.6. The van der Waals surface area contributed by atoms with Gasteiger partial charge in [0, 0.05) is 23.1 Å². The largest absolute Gasteiger partial charge is 0.349 e. The Morgan fingerprint density at radius 2 is 2.00 bits per heavy atom. The Hall–Kier alpha value is -2.80. The lowest BCUT2D eigenvalue weighted by Gasteiger charge is -2.11. The number of benzene rings is 1. The van der Waals surface area contributed by atoms with Gasteiger partial charge in [0.2, 0.25) is 0 Å². The third-order valence-corrected chi connectivity index (χ3v) is 4.14. The van der Waals surface area contributed by atoms with Crippen LogP contribution >= 0.6 is 0 Å². The lowest BCUT2D eigenvalue weighted by molar-refractivity contribution is -0.117. The summed E-state index contributed by atoms with van der Waals surface area (Å²) >= 11 is 0. The van der Waals surface area contributed by atoms with Crippen LogP contribution in [0.5, 0.6) is 0 Å². The smallest absolute Gasteiger partial charge is 0.262 e. The molecule has 1 aromatic heterocycles. The van der Waals surface area contributed by atoms with E-state index in [1.165, 1.54) is 0 Å². The minimum Gasteiger partial charge on any atom is -0.349 e. The molecule has 0 fully saturated rings. The second kappa shape index (κ2) is 7.65. The SMILES string of the molecule is CC[C@H](C)NC(=O)/C(C#N)=C/c1cc(C)n(-c2ccccc2)c1C. The molecule has 1 heterocycles. The van der Waals surface area contributed by atoms with Gasteiger partial charge in [0.15, 0.2) is 0 Å². The summed E-state index contributed by atoms with van der Waals surface area (Å²) in [6.07, 6.45) is 2.49. The number of aryl methyl sites for hydroxylation is 1. The molecule has 4 nitrogen and oxygen atoms in total. The van der Waals surface area contributed by atoms with E-state index in [9.17, 15) is 10.1 Å². The summed E-state index contributed by atoms with van der Waals surface area (Å²) in [5, 5.41) is 12.2. The highest BCUT2D eigenvalue weighted by Gasteiger charge is 2.14. The molecule has 1 N–H and O–H groups in total. The Morgan fingerprint density at radius 1 is 1.33 bits per heavy atom. The highest BCUT2D eigenvalue weighted by atomic mass is 16.1. The summed E-state index contributed by atoms with van der Waals surface area (Å²) in [5.41, 5.74) is 4.14. The van der Waals surface area contributed by atoms with E-state index in [1.54, 1.807) is 6.08 Å². The Balaban J connectivity index is 2.39. The van der Waals surface area contributed by atoms with Crippen LogP contribution in [-0.4, -0.2) is 16.5 Å². The first-order valence-electron chi connectivity index (χ1n) is 8.15. The van der Waals surface area contributed by atoms with Crippen molar-refractivity contribution in [2.45, 2.75) is 40.2 Å². The maximum Gasteiger partial charge on any atom is 0.262 e. The van der Waals surface area contributed by atoms with Crippen LogP contribution in [0.25, 0.3) is 11.8 Å². The minimum absolute atomic E-state index is 0.0472. The molecule has 4 heteroatoms. The Bertz CT molecular complexity index is 794. The molecule has 0 unspecified atom stereocenters. The molecule has 0 radical (unpaired) electrons. The first kappa shape index (κ1) is 17.6. The van der Waals surface area contributed by atoms with Crippen LogP contribution in [0.4, 0.5) is 0 Å². The summed E-state index contributed by atoms with van der Waals surface area (Å²) in [6.45, 7) is 7.93. The maximum atomic E-state index is 12.2. The lowest BCUT2D eigenvalue weighted by Crippen LogP contribution is -2.32. The van der Waals surface area contributed by atoms with E-state index >= 15 is 0 Å². The number of para-hydroxylation sites is 1. The van der Waals surface area contributed by atoms with Gasteiger partial charge in [-0.05, 0) is 57.0 Å². The summed E-state index contributed by atoms with van der Waals surface area (Å²) in [5.74, 6) is -0.323. The highest BCUT2D eigenvalue weighted by molar-refractivity contribution is 6.02. The van der Waals surface area contributed by atoms with Gasteiger partial charge in [-0.3, -0.25) is 4.79 Å². The molecule has 0 spiro atoms. The first-order valence-corrected chi connectivity index (χ1v) is 8.15. The number of carbonyl (C=O) groups excluding carboxylic acids is 1. The fourth-order valence-electron chi connectivity index (χ4n) is 2.62. The first-order chi connectivity index (χ1) is 11.5. The number of hydrogen-bond acceptors (Lipinski definition) is 2. The van der Waals surface area contributed by atoms with Crippen molar-refractivity contribution < 1.29 is 4.79 Å². The number of nitrogens with one attached hydrogen (secondary N) is 1. The average Bonchev–Trinajstić information content (AvgIpc) is 2.86. The summed E-state index contributed by atoms with van der Waals surface area (Å²) in [6, 6.07) is 14.1. The monoisotopic (exact) mass is 321 g/mol. The Morgan fingerprint density at radius 3 is 2.58 bits per heavy atom. The molecule has 2 aromatic rings. The predicted octanol–water partition coefficient (Wildman–Crippen LogP) is 3.92. The van der Waals surface area contributed by atoms with E-state index in [4.69, 9.17) is 0 Å². The predicted molar refractivity (Wildman–Crippen MR) is 96.7 cm³/mol. The molecule has 0 bridgehead atoms. The number of nitriles is 1. The molecule has 1 amide bonds. The molecule has 0 aliphatic rings. The molecule has 1 atom stereocenters. The van der Waals surface area contributed by atoms with Crippen LogP contribution in [0.3, 0.4) is 0 Å². The van der Waals surface area contributed by atoms with Gasteiger partial charge in [-0.25, -0.2) is 0 Å². The molecule has 0 aliphatic carbocycles. The third-order valence-electron chi connectivity index (χ3n) is 4.14. The number of nitrogens with zero attached hydrogens (tertiary/aromatic N) is 2. The summed E-state index contributed by atoms with van der Waals surface area (Å²) in [7, 11) is 0. The van der Waals surface area contributed by atoms with Crippen LogP contribution < -0.4 is 5.32 Å². The molecule has 1 aromatic carbocycles. The fourth-order valence-corrected chi connectivity index (χ4v) is 2.62. The van der Waals surface area contributed by atoms with Gasteiger partial charge >= 0.3 is 0 Å². The highest BCUT2D eigenvalue weighted by Crippen LogP contribution is 2.22. The molecular formula is C20H23N3O. The summed E-state index contributed by atoms with van der Waals surface area (Å²) in [4.78, 5) is 12.2. The van der Waals surface area contributed by atoms with Crippen molar-refractivity contribution in [1.29, 1.82) is 5.26 Å². The fraction of sp³-hybridized carbons (Fsp3) is 0.300. The molecule has 0 saturated carbocycles. The second-order valence-corrected chi connectivity index (χ2v) is 5.95. The third kappa shape index (κ3) is 3.75. The standard InChI is InChI=1S/C20H23N3O/c1-5-14(2)22-20(24)18(13-21)12-17-11-15(3)23(16(17)4)19-9-7-6-8-10-19/h6-12,14H,5H2,1-4H3,(H,22,24)/b18-12+/t14-/m0/s1. The normalized spacial score (nSPS) is 12.5. The van der Waals surface area contributed by atoms with E-state index < -0.39 is 0 Å². The van der Waals surface area contributed by atoms with E-state index in [-0.39, 0.29) is 17.5 Å². The van der Waals surface area contributed by atoms with Crippen molar-refractivity contribution in [1.82, 2.24) is 9.88 Å². The zero-order valence-electron chi connectivity index (χ0n) is 14.6. The van der Waals surface area contributed by atoms with Gasteiger partial charge in [0.05, 0.1) is 0 Å². The van der Waals surface area contributed by atoms with E-state index in [2.05, 4.69) is 9.88 Å². The quantitative estimate of drug-likeness (QED) is 0.670. The molecule has 0 saturated heterocycles. The van der Waals surface area contributed by atoms with Crippen molar-refractivity contribution in [3.05, 3.63) is 58.9 Å². The van der Waals surface area contributed by atoms with Gasteiger partial charge in [0.25, 0.3) is 5.91 Å². The maximum absolute atomic E-state index is 12.2. The molecular weight excluding hydrogens is 298 g/mol. The Labute approximate surface area is 143 Å². The van der Waals surface area contributed by atoms with E-state index in [1.807, 2.05) is 70.2 Å². The number of hydrogen-bond donors (Lipinski definition) is 1. The summed E-state index contributed by atoms with van der Waals surface area (Å²) < 4.78 is 2.12. The van der Waals surface area contributed by atoms with E-state index in [0.29, 0.717) is 0 Å². The number of aromatic nitrogens is 1. The average molecular weight is 321 g/mol. The van der Waals surface area contributed by atoms with E-state index in [0.717, 1.165) is 29.1 Å². The van der Waals surface area contributed by atoms with Crippen LogP contribution in [0, 0.1) is 25.2 Å². The minimum atomic E-state index is -0.323.